The summed E-state index contributed by atoms with van der Waals surface area (Å²) in [5.41, 5.74) is 2.53. The minimum absolute atomic E-state index is 0.0693. The van der Waals surface area contributed by atoms with E-state index in [0.29, 0.717) is 18.8 Å². The van der Waals surface area contributed by atoms with Crippen LogP contribution in [0.3, 0.4) is 0 Å². The molecule has 3 rings (SSSR count). The molecule has 2 heterocycles. The average molecular weight is 328 g/mol. The molecular formula is C18H24N4O2. The highest BCUT2D eigenvalue weighted by Gasteiger charge is 2.33. The van der Waals surface area contributed by atoms with Crippen molar-refractivity contribution in [1.29, 1.82) is 0 Å². The van der Waals surface area contributed by atoms with Gasteiger partial charge in [0.25, 0.3) is 5.91 Å². The van der Waals surface area contributed by atoms with Gasteiger partial charge in [0.15, 0.2) is 0 Å². The number of hydrogen-bond acceptors (Lipinski definition) is 4. The molecule has 0 saturated carbocycles. The summed E-state index contributed by atoms with van der Waals surface area (Å²) in [6.07, 6.45) is -0.0693. The van der Waals surface area contributed by atoms with E-state index in [1.54, 1.807) is 18.0 Å². The molecule has 2 atom stereocenters. The molecule has 0 unspecified atom stereocenters. The molecule has 1 saturated heterocycles. The minimum Gasteiger partial charge on any atom is -0.373 e. The molecular weight excluding hydrogens is 304 g/mol. The van der Waals surface area contributed by atoms with E-state index in [1.165, 1.54) is 5.56 Å². The Morgan fingerprint density at radius 2 is 2.17 bits per heavy atom. The molecule has 1 aromatic heterocycles. The second-order valence-corrected chi connectivity index (χ2v) is 6.37. The van der Waals surface area contributed by atoms with Gasteiger partial charge >= 0.3 is 0 Å². The number of aromatic nitrogens is 2. The van der Waals surface area contributed by atoms with Crippen LogP contribution >= 0.6 is 0 Å². The van der Waals surface area contributed by atoms with E-state index in [4.69, 9.17) is 4.74 Å². The summed E-state index contributed by atoms with van der Waals surface area (Å²) < 4.78 is 6.01. The summed E-state index contributed by atoms with van der Waals surface area (Å²) in [6.45, 7) is 3.96. The number of carbonyl (C=O) groups is 1. The number of hydrogen-bond donors (Lipinski definition) is 1. The first-order chi connectivity index (χ1) is 11.6. The Morgan fingerprint density at radius 3 is 2.83 bits per heavy atom. The van der Waals surface area contributed by atoms with Gasteiger partial charge in [-0.2, -0.15) is 5.10 Å². The smallest absolute Gasteiger partial charge is 0.274 e. The normalized spacial score (nSPS) is 21.6. The zero-order chi connectivity index (χ0) is 17.1. The van der Waals surface area contributed by atoms with Crippen molar-refractivity contribution in [2.75, 3.05) is 33.8 Å². The summed E-state index contributed by atoms with van der Waals surface area (Å²) in [6, 6.07) is 12.2. The van der Waals surface area contributed by atoms with E-state index in [1.807, 2.05) is 25.1 Å². The quantitative estimate of drug-likeness (QED) is 0.931. The third-order valence-electron chi connectivity index (χ3n) is 4.47. The van der Waals surface area contributed by atoms with Crippen molar-refractivity contribution < 1.29 is 9.53 Å². The first kappa shape index (κ1) is 16.7. The maximum absolute atomic E-state index is 12.5. The fourth-order valence-corrected chi connectivity index (χ4v) is 3.21. The molecule has 6 nitrogen and oxygen atoms in total. The third kappa shape index (κ3) is 3.49. The second kappa shape index (κ2) is 7.15. The molecule has 1 aromatic carbocycles. The van der Waals surface area contributed by atoms with Crippen LogP contribution in [0, 0.1) is 6.92 Å². The molecule has 1 aliphatic heterocycles. The van der Waals surface area contributed by atoms with Crippen molar-refractivity contribution in [3.63, 3.8) is 0 Å². The molecule has 0 bridgehead atoms. The van der Waals surface area contributed by atoms with Gasteiger partial charge in [-0.15, -0.1) is 0 Å². The van der Waals surface area contributed by atoms with Crippen LogP contribution in [0.5, 0.6) is 0 Å². The predicted octanol–water partition coefficient (Wildman–Crippen LogP) is 1.86. The molecule has 128 valence electrons. The number of amides is 1. The first-order valence-electron chi connectivity index (χ1n) is 8.20. The molecule has 1 amide bonds. The summed E-state index contributed by atoms with van der Waals surface area (Å²) in [5.74, 6) is -0.0945. The lowest BCUT2D eigenvalue weighted by atomic mass is 9.98. The van der Waals surface area contributed by atoms with Crippen LogP contribution in [0.25, 0.3) is 0 Å². The molecule has 0 aliphatic carbocycles. The lowest BCUT2D eigenvalue weighted by molar-refractivity contribution is -0.0708. The molecule has 6 heteroatoms. The first-order valence-corrected chi connectivity index (χ1v) is 8.20. The predicted molar refractivity (Wildman–Crippen MR) is 91.8 cm³/mol. The highest BCUT2D eigenvalue weighted by Crippen LogP contribution is 2.28. The topological polar surface area (TPSA) is 61.5 Å². The van der Waals surface area contributed by atoms with Crippen molar-refractivity contribution in [2.45, 2.75) is 19.1 Å². The maximum Gasteiger partial charge on any atom is 0.274 e. The van der Waals surface area contributed by atoms with Crippen molar-refractivity contribution in [3.05, 3.63) is 53.3 Å². The number of aryl methyl sites for hydroxylation is 1. The largest absolute Gasteiger partial charge is 0.373 e. The van der Waals surface area contributed by atoms with E-state index in [-0.39, 0.29) is 18.1 Å². The van der Waals surface area contributed by atoms with Gasteiger partial charge in [0.2, 0.25) is 0 Å². The number of H-pyrrole nitrogens is 1. The van der Waals surface area contributed by atoms with Crippen LogP contribution in [-0.4, -0.2) is 65.8 Å². The summed E-state index contributed by atoms with van der Waals surface area (Å²) in [7, 11) is 3.90. The standard InChI is InChI=1S/C18H24N4O2/c1-13-11-15(20-19-13)18(23)22(3)12-16-17(21(2)9-10-24-16)14-7-5-4-6-8-14/h4-8,11,16-17H,9-10,12H2,1-3H3,(H,19,20)/t16-,17-/m0/s1. The van der Waals surface area contributed by atoms with Crippen LogP contribution in [0.1, 0.15) is 27.8 Å². The number of aromatic amines is 1. The Labute approximate surface area is 142 Å². The van der Waals surface area contributed by atoms with Crippen LogP contribution in [-0.2, 0) is 4.74 Å². The second-order valence-electron chi connectivity index (χ2n) is 6.37. The van der Waals surface area contributed by atoms with Crippen LogP contribution in [0.15, 0.2) is 36.4 Å². The van der Waals surface area contributed by atoms with Gasteiger partial charge in [0.05, 0.1) is 18.8 Å². The molecule has 2 aromatic rings. The van der Waals surface area contributed by atoms with E-state index in [2.05, 4.69) is 34.3 Å². The fraction of sp³-hybridized carbons (Fsp3) is 0.444. The zero-order valence-corrected chi connectivity index (χ0v) is 14.4. The SMILES string of the molecule is Cc1cc(C(=O)N(C)C[C@@H]2OCCN(C)[C@H]2c2ccccc2)n[nH]1. The lowest BCUT2D eigenvalue weighted by Crippen LogP contribution is -2.48. The van der Waals surface area contributed by atoms with Crippen molar-refractivity contribution in [2.24, 2.45) is 0 Å². The number of rotatable bonds is 4. The van der Waals surface area contributed by atoms with E-state index >= 15 is 0 Å². The summed E-state index contributed by atoms with van der Waals surface area (Å²) >= 11 is 0. The monoisotopic (exact) mass is 328 g/mol. The van der Waals surface area contributed by atoms with Crippen molar-refractivity contribution >= 4 is 5.91 Å². The van der Waals surface area contributed by atoms with E-state index in [0.717, 1.165) is 12.2 Å². The van der Waals surface area contributed by atoms with Gasteiger partial charge in [0, 0.05) is 25.8 Å². The lowest BCUT2D eigenvalue weighted by Gasteiger charge is -2.40. The van der Waals surface area contributed by atoms with Gasteiger partial charge < -0.3 is 9.64 Å². The number of carbonyl (C=O) groups excluding carboxylic acids is 1. The number of benzene rings is 1. The Morgan fingerprint density at radius 1 is 1.42 bits per heavy atom. The zero-order valence-electron chi connectivity index (χ0n) is 14.4. The number of ether oxygens (including phenoxy) is 1. The number of nitrogens with one attached hydrogen (secondary N) is 1. The van der Waals surface area contributed by atoms with Crippen molar-refractivity contribution in [1.82, 2.24) is 20.0 Å². The molecule has 1 fully saturated rings. The Hall–Kier alpha value is -2.18. The number of nitrogens with zero attached hydrogens (tertiary/aromatic N) is 3. The van der Waals surface area contributed by atoms with Crippen LogP contribution in [0.2, 0.25) is 0 Å². The third-order valence-corrected chi connectivity index (χ3v) is 4.47. The average Bonchev–Trinajstić information content (AvgIpc) is 3.01. The van der Waals surface area contributed by atoms with Crippen LogP contribution < -0.4 is 0 Å². The Bertz CT molecular complexity index is 685. The molecule has 24 heavy (non-hydrogen) atoms. The van der Waals surface area contributed by atoms with Gasteiger partial charge in [-0.05, 0) is 25.6 Å². The van der Waals surface area contributed by atoms with Crippen molar-refractivity contribution in [3.8, 4) is 0 Å². The van der Waals surface area contributed by atoms with E-state index in [9.17, 15) is 4.79 Å². The molecule has 1 N–H and O–H groups in total. The Balaban J connectivity index is 1.75. The van der Waals surface area contributed by atoms with Crippen LogP contribution in [0.4, 0.5) is 0 Å². The van der Waals surface area contributed by atoms with Gasteiger partial charge in [-0.25, -0.2) is 0 Å². The van der Waals surface area contributed by atoms with Gasteiger partial charge in [-0.3, -0.25) is 14.8 Å². The Kier molecular flexibility index (Phi) is 4.97. The number of morpholine rings is 1. The van der Waals surface area contributed by atoms with Gasteiger partial charge in [0.1, 0.15) is 5.69 Å². The number of likely N-dealkylation sites (N-methyl/N-ethyl adjacent to an activating group) is 2. The highest BCUT2D eigenvalue weighted by molar-refractivity contribution is 5.92. The molecule has 1 aliphatic rings. The maximum atomic E-state index is 12.5. The van der Waals surface area contributed by atoms with Gasteiger partial charge in [-0.1, -0.05) is 30.3 Å². The minimum atomic E-state index is -0.0945. The van der Waals surface area contributed by atoms with E-state index < -0.39 is 0 Å². The fourth-order valence-electron chi connectivity index (χ4n) is 3.21. The summed E-state index contributed by atoms with van der Waals surface area (Å²) in [4.78, 5) is 16.5. The summed E-state index contributed by atoms with van der Waals surface area (Å²) in [5, 5.41) is 6.87. The molecule has 0 spiro atoms. The highest BCUT2D eigenvalue weighted by atomic mass is 16.5. The molecule has 0 radical (unpaired) electrons.